The molecular weight excluding hydrogens is 406 g/mol. The third kappa shape index (κ3) is 4.57. The molecule has 2 N–H and O–H groups in total. The van der Waals surface area contributed by atoms with Crippen LogP contribution in [0.4, 0.5) is 8.78 Å². The Morgan fingerprint density at radius 2 is 2.07 bits per heavy atom. The first-order valence-electron chi connectivity index (χ1n) is 9.15. The van der Waals surface area contributed by atoms with E-state index in [9.17, 15) is 13.6 Å². The number of carbonyl (C=O) groups is 1. The first kappa shape index (κ1) is 21.7. The molecule has 0 saturated heterocycles. The molecule has 154 valence electrons. The Morgan fingerprint density at radius 1 is 1.33 bits per heavy atom. The number of rotatable bonds is 5. The van der Waals surface area contributed by atoms with Gasteiger partial charge in [-0.15, -0.1) is 0 Å². The molecule has 2 aromatic rings. The number of aliphatic imine (C=N–C) groups is 1. The van der Waals surface area contributed by atoms with Crippen molar-refractivity contribution in [1.29, 1.82) is 5.26 Å². The number of hydrogen-bond donors (Lipinski definition) is 1. The minimum atomic E-state index is -1.65. The molecule has 30 heavy (non-hydrogen) atoms. The molecule has 1 aromatic carbocycles. The fraction of sp³-hybridized carbons (Fsp3) is 0.273. The van der Waals surface area contributed by atoms with Gasteiger partial charge in [-0.05, 0) is 56.7 Å². The molecule has 5 nitrogen and oxygen atoms in total. The summed E-state index contributed by atoms with van der Waals surface area (Å²) in [4.78, 5) is 21.2. The summed E-state index contributed by atoms with van der Waals surface area (Å²) >= 11 is 1.02. The summed E-state index contributed by atoms with van der Waals surface area (Å²) in [7, 11) is 0. The van der Waals surface area contributed by atoms with Crippen LogP contribution >= 0.6 is 11.8 Å². The number of nitrogens with two attached hydrogens (primary N) is 1. The van der Waals surface area contributed by atoms with Crippen molar-refractivity contribution >= 4 is 22.7 Å². The number of allylic oxidation sites excluding steroid dienone is 1. The highest BCUT2D eigenvalue weighted by atomic mass is 32.2. The van der Waals surface area contributed by atoms with Crippen molar-refractivity contribution in [1.82, 2.24) is 4.98 Å². The fourth-order valence-corrected chi connectivity index (χ4v) is 4.08. The molecule has 0 fully saturated rings. The average Bonchev–Trinajstić information content (AvgIpc) is 2.68. The van der Waals surface area contributed by atoms with Crippen molar-refractivity contribution in [2.45, 2.75) is 38.4 Å². The lowest BCUT2D eigenvalue weighted by Crippen LogP contribution is -2.30. The Labute approximate surface area is 177 Å². The van der Waals surface area contributed by atoms with E-state index in [1.807, 2.05) is 6.07 Å². The highest BCUT2D eigenvalue weighted by molar-refractivity contribution is 8.17. The Hall–Kier alpha value is -3.05. The summed E-state index contributed by atoms with van der Waals surface area (Å²) in [6.07, 6.45) is 2.88. The quantitative estimate of drug-likeness (QED) is 0.714. The Balaban J connectivity index is 1.95. The summed E-state index contributed by atoms with van der Waals surface area (Å²) < 4.78 is 29.3. The SMILES string of the molecule is CC(C)(F)C1=C[C@@](C)(c2cc(CC(=O)c3ccc(C#N)cn3)ccc2F)N=C(N)S1. The number of amidine groups is 1. The summed E-state index contributed by atoms with van der Waals surface area (Å²) in [5.41, 5.74) is 4.37. The smallest absolute Gasteiger partial charge is 0.185 e. The fourth-order valence-electron chi connectivity index (χ4n) is 3.08. The van der Waals surface area contributed by atoms with Crippen LogP contribution in [0.2, 0.25) is 0 Å². The maximum atomic E-state index is 14.7. The van der Waals surface area contributed by atoms with Crippen LogP contribution in [0.5, 0.6) is 0 Å². The first-order valence-corrected chi connectivity index (χ1v) is 9.97. The Bertz CT molecular complexity index is 1100. The summed E-state index contributed by atoms with van der Waals surface area (Å²) in [6.45, 7) is 4.46. The number of nitriles is 1. The van der Waals surface area contributed by atoms with E-state index in [1.165, 1.54) is 44.3 Å². The van der Waals surface area contributed by atoms with E-state index >= 15 is 0 Å². The van der Waals surface area contributed by atoms with E-state index < -0.39 is 17.0 Å². The van der Waals surface area contributed by atoms with Gasteiger partial charge in [0, 0.05) is 23.1 Å². The van der Waals surface area contributed by atoms with Crippen LogP contribution < -0.4 is 5.73 Å². The van der Waals surface area contributed by atoms with Gasteiger partial charge < -0.3 is 5.73 Å². The standard InChI is InChI=1S/C22H20F2N4OS/c1-21(2,24)19-10-22(3,28-20(26)30-19)15-8-13(4-6-16(15)23)9-18(29)17-7-5-14(11-25)12-27-17/h4-8,10,12H,9H2,1-3H3,(H2,26,28)/t22-/m0/s1. The molecule has 0 amide bonds. The molecule has 0 saturated carbocycles. The first-order chi connectivity index (χ1) is 14.0. The van der Waals surface area contributed by atoms with E-state index in [4.69, 9.17) is 11.0 Å². The molecule has 0 radical (unpaired) electrons. The highest BCUT2D eigenvalue weighted by Crippen LogP contribution is 2.42. The number of Topliss-reactive ketones (excluding diaryl/α,β-unsaturated/α-hetero) is 1. The van der Waals surface area contributed by atoms with E-state index in [1.54, 1.807) is 19.1 Å². The van der Waals surface area contributed by atoms with Crippen LogP contribution in [-0.4, -0.2) is 21.6 Å². The molecule has 0 spiro atoms. The Morgan fingerprint density at radius 3 is 2.67 bits per heavy atom. The van der Waals surface area contributed by atoms with Crippen molar-refractivity contribution < 1.29 is 13.6 Å². The molecule has 0 aliphatic carbocycles. The van der Waals surface area contributed by atoms with Crippen LogP contribution in [-0.2, 0) is 12.0 Å². The van der Waals surface area contributed by atoms with E-state index in [-0.39, 0.29) is 28.6 Å². The van der Waals surface area contributed by atoms with Crippen molar-refractivity contribution in [3.05, 3.63) is 75.7 Å². The number of aromatic nitrogens is 1. The van der Waals surface area contributed by atoms with Crippen molar-refractivity contribution in [2.24, 2.45) is 10.7 Å². The minimum Gasteiger partial charge on any atom is -0.378 e. The van der Waals surface area contributed by atoms with Crippen LogP contribution in [0.15, 0.2) is 52.5 Å². The van der Waals surface area contributed by atoms with Crippen molar-refractivity contribution in [3.8, 4) is 6.07 Å². The number of thioether (sulfide) groups is 1. The second kappa shape index (κ2) is 8.00. The zero-order chi connectivity index (χ0) is 22.1. The molecule has 3 rings (SSSR count). The van der Waals surface area contributed by atoms with Gasteiger partial charge in [0.2, 0.25) is 0 Å². The second-order valence-corrected chi connectivity index (χ2v) is 8.70. The van der Waals surface area contributed by atoms with Crippen LogP contribution in [0, 0.1) is 17.1 Å². The van der Waals surface area contributed by atoms with Gasteiger partial charge >= 0.3 is 0 Å². The van der Waals surface area contributed by atoms with Gasteiger partial charge in [0.15, 0.2) is 11.0 Å². The Kier molecular flexibility index (Phi) is 5.77. The number of pyridine rings is 1. The van der Waals surface area contributed by atoms with Gasteiger partial charge in [0.05, 0.1) is 5.56 Å². The second-order valence-electron chi connectivity index (χ2n) is 7.64. The number of ketones is 1. The largest absolute Gasteiger partial charge is 0.378 e. The van der Waals surface area contributed by atoms with Crippen LogP contribution in [0.25, 0.3) is 0 Å². The summed E-state index contributed by atoms with van der Waals surface area (Å²) in [5.74, 6) is -0.800. The molecule has 1 aliphatic heterocycles. The van der Waals surface area contributed by atoms with Gasteiger partial charge in [0.25, 0.3) is 0 Å². The van der Waals surface area contributed by atoms with Crippen molar-refractivity contribution in [3.63, 3.8) is 0 Å². The number of alkyl halides is 1. The maximum Gasteiger partial charge on any atom is 0.185 e. The maximum absolute atomic E-state index is 14.7. The van der Waals surface area contributed by atoms with Crippen molar-refractivity contribution in [2.75, 3.05) is 0 Å². The number of benzene rings is 1. The molecule has 8 heteroatoms. The van der Waals surface area contributed by atoms with Gasteiger partial charge in [0.1, 0.15) is 28.8 Å². The van der Waals surface area contributed by atoms with Crippen LogP contribution in [0.3, 0.4) is 0 Å². The van der Waals surface area contributed by atoms with E-state index in [2.05, 4.69) is 9.98 Å². The van der Waals surface area contributed by atoms with E-state index in [0.717, 1.165) is 11.8 Å². The van der Waals surface area contributed by atoms with Gasteiger partial charge in [-0.2, -0.15) is 5.26 Å². The predicted octanol–water partition coefficient (Wildman–Crippen LogP) is 4.43. The molecule has 0 bridgehead atoms. The molecule has 1 aromatic heterocycles. The monoisotopic (exact) mass is 426 g/mol. The lowest BCUT2D eigenvalue weighted by molar-refractivity contribution is 0.0988. The molecular formula is C22H20F2N4OS. The molecule has 1 aliphatic rings. The molecule has 2 heterocycles. The zero-order valence-electron chi connectivity index (χ0n) is 16.7. The normalized spacial score (nSPS) is 18.9. The van der Waals surface area contributed by atoms with E-state index in [0.29, 0.717) is 16.0 Å². The highest BCUT2D eigenvalue weighted by Gasteiger charge is 2.36. The topological polar surface area (TPSA) is 92.1 Å². The number of halogens is 2. The number of nitrogens with zero attached hydrogens (tertiary/aromatic N) is 3. The number of carbonyl (C=O) groups excluding carboxylic acids is 1. The van der Waals surface area contributed by atoms with Gasteiger partial charge in [-0.1, -0.05) is 17.8 Å². The molecule has 0 unspecified atom stereocenters. The molecule has 1 atom stereocenters. The van der Waals surface area contributed by atoms with Gasteiger partial charge in [-0.3, -0.25) is 9.78 Å². The minimum absolute atomic E-state index is 0.0125. The third-order valence-electron chi connectivity index (χ3n) is 4.67. The van der Waals surface area contributed by atoms with Crippen LogP contribution in [0.1, 0.15) is 48.0 Å². The third-order valence-corrected chi connectivity index (χ3v) is 5.80. The van der Waals surface area contributed by atoms with Gasteiger partial charge in [-0.25, -0.2) is 13.8 Å². The zero-order valence-corrected chi connectivity index (χ0v) is 17.6. The lowest BCUT2D eigenvalue weighted by Gasteiger charge is -2.31. The predicted molar refractivity (Wildman–Crippen MR) is 113 cm³/mol. The lowest BCUT2D eigenvalue weighted by atomic mass is 9.88. The number of hydrogen-bond acceptors (Lipinski definition) is 6. The summed E-state index contributed by atoms with van der Waals surface area (Å²) in [6, 6.07) is 9.25. The average molecular weight is 426 g/mol. The summed E-state index contributed by atoms with van der Waals surface area (Å²) in [5, 5.41) is 8.98.